The Bertz CT molecular complexity index is 1090. The first kappa shape index (κ1) is 20.5. The molecule has 2 saturated heterocycles. The molecule has 7 heteroatoms. The molecule has 31 heavy (non-hydrogen) atoms. The highest BCUT2D eigenvalue weighted by molar-refractivity contribution is 6.30. The zero-order chi connectivity index (χ0) is 22.1. The SMILES string of the molecule is C/C(=C1\CC(=O)N(c2ccc(C(=O)N3CCCC3)cc2)C1=O)c1ccc(C(=N)N)cc1. The average Bonchev–Trinajstić information content (AvgIpc) is 3.41. The summed E-state index contributed by atoms with van der Waals surface area (Å²) >= 11 is 0. The third-order valence-corrected chi connectivity index (χ3v) is 5.89. The van der Waals surface area contributed by atoms with Gasteiger partial charge >= 0.3 is 0 Å². The third kappa shape index (κ3) is 3.86. The van der Waals surface area contributed by atoms with Gasteiger partial charge in [-0.1, -0.05) is 24.3 Å². The summed E-state index contributed by atoms with van der Waals surface area (Å²) in [5, 5.41) is 7.49. The first-order valence-corrected chi connectivity index (χ1v) is 10.3. The van der Waals surface area contributed by atoms with Gasteiger partial charge < -0.3 is 10.6 Å². The lowest BCUT2D eigenvalue weighted by Crippen LogP contribution is -2.30. The summed E-state index contributed by atoms with van der Waals surface area (Å²) in [5.41, 5.74) is 9.07. The molecule has 158 valence electrons. The molecule has 0 aromatic heterocycles. The molecule has 0 unspecified atom stereocenters. The van der Waals surface area contributed by atoms with E-state index in [0.29, 0.717) is 22.4 Å². The van der Waals surface area contributed by atoms with Crippen LogP contribution in [0.3, 0.4) is 0 Å². The van der Waals surface area contributed by atoms with Gasteiger partial charge in [0.25, 0.3) is 11.8 Å². The Morgan fingerprint density at radius 1 is 0.903 bits per heavy atom. The second-order valence-corrected chi connectivity index (χ2v) is 7.85. The van der Waals surface area contributed by atoms with Gasteiger partial charge in [0, 0.05) is 29.8 Å². The summed E-state index contributed by atoms with van der Waals surface area (Å²) in [6, 6.07) is 13.7. The monoisotopic (exact) mass is 416 g/mol. The summed E-state index contributed by atoms with van der Waals surface area (Å²) in [6.07, 6.45) is 2.06. The van der Waals surface area contributed by atoms with Crippen LogP contribution in [0.25, 0.3) is 5.57 Å². The second kappa shape index (κ2) is 8.18. The van der Waals surface area contributed by atoms with Crippen LogP contribution in [0.4, 0.5) is 5.69 Å². The van der Waals surface area contributed by atoms with Gasteiger partial charge in [-0.05, 0) is 55.2 Å². The molecule has 0 spiro atoms. The van der Waals surface area contributed by atoms with Crippen LogP contribution >= 0.6 is 0 Å². The fourth-order valence-corrected chi connectivity index (χ4v) is 4.04. The van der Waals surface area contributed by atoms with Crippen molar-refractivity contribution in [3.8, 4) is 0 Å². The van der Waals surface area contributed by atoms with E-state index in [1.165, 1.54) is 4.90 Å². The van der Waals surface area contributed by atoms with Crippen LogP contribution in [0.15, 0.2) is 54.1 Å². The highest BCUT2D eigenvalue weighted by Crippen LogP contribution is 2.31. The van der Waals surface area contributed by atoms with E-state index in [1.807, 2.05) is 11.8 Å². The number of rotatable bonds is 4. The van der Waals surface area contributed by atoms with E-state index in [9.17, 15) is 14.4 Å². The Morgan fingerprint density at radius 2 is 1.45 bits per heavy atom. The van der Waals surface area contributed by atoms with Crippen molar-refractivity contribution in [1.82, 2.24) is 4.90 Å². The molecule has 7 nitrogen and oxygen atoms in total. The predicted octanol–water partition coefficient (Wildman–Crippen LogP) is 2.94. The van der Waals surface area contributed by atoms with Crippen LogP contribution in [0.1, 0.15) is 47.7 Å². The zero-order valence-corrected chi connectivity index (χ0v) is 17.4. The van der Waals surface area contributed by atoms with Crippen molar-refractivity contribution in [3.63, 3.8) is 0 Å². The van der Waals surface area contributed by atoms with E-state index in [1.54, 1.807) is 48.5 Å². The van der Waals surface area contributed by atoms with Crippen molar-refractivity contribution in [2.75, 3.05) is 18.0 Å². The number of hydrogen-bond donors (Lipinski definition) is 2. The third-order valence-electron chi connectivity index (χ3n) is 5.89. The number of nitrogen functional groups attached to an aromatic ring is 1. The number of carbonyl (C=O) groups is 3. The van der Waals surface area contributed by atoms with E-state index in [2.05, 4.69) is 0 Å². The number of benzene rings is 2. The van der Waals surface area contributed by atoms with Gasteiger partial charge in [0.2, 0.25) is 5.91 Å². The van der Waals surface area contributed by atoms with Gasteiger partial charge in [0.05, 0.1) is 12.1 Å². The first-order valence-electron chi connectivity index (χ1n) is 10.3. The number of amidine groups is 1. The maximum Gasteiger partial charge on any atom is 0.261 e. The average molecular weight is 416 g/mol. The van der Waals surface area contributed by atoms with Crippen molar-refractivity contribution in [3.05, 3.63) is 70.8 Å². The van der Waals surface area contributed by atoms with Crippen LogP contribution < -0.4 is 10.6 Å². The molecule has 2 fully saturated rings. The Balaban J connectivity index is 1.57. The van der Waals surface area contributed by atoms with Crippen LogP contribution in [0, 0.1) is 5.41 Å². The van der Waals surface area contributed by atoms with Crippen LogP contribution in [0.5, 0.6) is 0 Å². The molecule has 2 aromatic rings. The topological polar surface area (TPSA) is 108 Å². The van der Waals surface area contributed by atoms with Gasteiger partial charge in [0.1, 0.15) is 5.84 Å². The van der Waals surface area contributed by atoms with Gasteiger partial charge in [-0.15, -0.1) is 0 Å². The molecule has 4 rings (SSSR count). The molecule has 3 N–H and O–H groups in total. The van der Waals surface area contributed by atoms with Crippen LogP contribution in [0.2, 0.25) is 0 Å². The molecule has 0 radical (unpaired) electrons. The fraction of sp³-hybridized carbons (Fsp3) is 0.250. The van der Waals surface area contributed by atoms with E-state index in [0.717, 1.165) is 37.1 Å². The molecule has 0 bridgehead atoms. The van der Waals surface area contributed by atoms with Gasteiger partial charge in [-0.3, -0.25) is 19.8 Å². The van der Waals surface area contributed by atoms with Gasteiger partial charge in [-0.2, -0.15) is 0 Å². The molecular weight excluding hydrogens is 392 g/mol. The number of nitrogens with zero attached hydrogens (tertiary/aromatic N) is 2. The summed E-state index contributed by atoms with van der Waals surface area (Å²) in [7, 11) is 0. The maximum absolute atomic E-state index is 13.1. The van der Waals surface area contributed by atoms with E-state index in [4.69, 9.17) is 11.1 Å². The number of likely N-dealkylation sites (tertiary alicyclic amines) is 1. The summed E-state index contributed by atoms with van der Waals surface area (Å²) < 4.78 is 0. The predicted molar refractivity (Wildman–Crippen MR) is 119 cm³/mol. The zero-order valence-electron chi connectivity index (χ0n) is 17.4. The minimum absolute atomic E-state index is 0.0198. The number of allylic oxidation sites excluding steroid dienone is 1. The lowest BCUT2D eigenvalue weighted by atomic mass is 9.99. The molecule has 0 atom stereocenters. The summed E-state index contributed by atoms with van der Waals surface area (Å²) in [6.45, 7) is 3.35. The highest BCUT2D eigenvalue weighted by Gasteiger charge is 2.36. The van der Waals surface area contributed by atoms with Crippen molar-refractivity contribution in [2.24, 2.45) is 5.73 Å². The molecule has 2 aliphatic heterocycles. The molecule has 3 amide bonds. The molecule has 0 aliphatic carbocycles. The van der Waals surface area contributed by atoms with Gasteiger partial charge in [0.15, 0.2) is 0 Å². The lowest BCUT2D eigenvalue weighted by Gasteiger charge is -2.17. The molecule has 2 aromatic carbocycles. The standard InChI is InChI=1S/C24H24N4O3/c1-15(16-4-6-17(7-5-16)22(25)26)20-14-21(29)28(24(20)31)19-10-8-18(9-11-19)23(30)27-12-2-3-13-27/h4-11H,2-3,12-14H2,1H3,(H3,25,26)/b20-15-. The van der Waals surface area contributed by atoms with E-state index in [-0.39, 0.29) is 30.0 Å². The number of nitrogens with one attached hydrogen (secondary N) is 1. The van der Waals surface area contributed by atoms with Crippen LogP contribution in [-0.2, 0) is 9.59 Å². The number of imide groups is 1. The number of anilines is 1. The van der Waals surface area contributed by atoms with Gasteiger partial charge in [-0.25, -0.2) is 4.90 Å². The lowest BCUT2D eigenvalue weighted by molar-refractivity contribution is -0.120. The Hall–Kier alpha value is -3.74. The Kier molecular flexibility index (Phi) is 5.42. The van der Waals surface area contributed by atoms with Crippen molar-refractivity contribution >= 4 is 34.8 Å². The fourth-order valence-electron chi connectivity index (χ4n) is 4.04. The molecular formula is C24H24N4O3. The van der Waals surface area contributed by atoms with Crippen molar-refractivity contribution < 1.29 is 14.4 Å². The molecule has 2 aliphatic rings. The van der Waals surface area contributed by atoms with E-state index >= 15 is 0 Å². The maximum atomic E-state index is 13.1. The summed E-state index contributed by atoms with van der Waals surface area (Å²) in [4.78, 5) is 41.2. The first-order chi connectivity index (χ1) is 14.9. The normalized spacial score (nSPS) is 18.0. The van der Waals surface area contributed by atoms with Crippen molar-refractivity contribution in [2.45, 2.75) is 26.2 Å². The minimum Gasteiger partial charge on any atom is -0.384 e. The van der Waals surface area contributed by atoms with E-state index < -0.39 is 0 Å². The smallest absolute Gasteiger partial charge is 0.261 e. The number of hydrogen-bond acceptors (Lipinski definition) is 4. The second-order valence-electron chi connectivity index (χ2n) is 7.85. The number of amides is 3. The number of carbonyl (C=O) groups excluding carboxylic acids is 3. The molecule has 0 saturated carbocycles. The largest absolute Gasteiger partial charge is 0.384 e. The highest BCUT2D eigenvalue weighted by atomic mass is 16.2. The van der Waals surface area contributed by atoms with Crippen LogP contribution in [-0.4, -0.2) is 41.5 Å². The quantitative estimate of drug-likeness (QED) is 0.346. The van der Waals surface area contributed by atoms with Crippen molar-refractivity contribution in [1.29, 1.82) is 5.41 Å². The Labute approximate surface area is 180 Å². The number of nitrogens with two attached hydrogens (primary N) is 1. The Morgan fingerprint density at radius 3 is 2.03 bits per heavy atom. The molecule has 2 heterocycles. The minimum atomic E-state index is -0.350. The summed E-state index contributed by atoms with van der Waals surface area (Å²) in [5.74, 6) is -0.689.